The van der Waals surface area contributed by atoms with E-state index in [0.29, 0.717) is 6.61 Å². The smallest absolute Gasteiger partial charge is 0.323 e. The lowest BCUT2D eigenvalue weighted by molar-refractivity contribution is -0.139. The Kier molecular flexibility index (Phi) is 4.90. The summed E-state index contributed by atoms with van der Waals surface area (Å²) >= 11 is 0. The van der Waals surface area contributed by atoms with Gasteiger partial charge in [-0.15, -0.1) is 0 Å². The Morgan fingerprint density at radius 3 is 2.71 bits per heavy atom. The summed E-state index contributed by atoms with van der Waals surface area (Å²) in [6, 6.07) is -0.0643. The molecule has 0 aromatic rings. The van der Waals surface area contributed by atoms with Crippen LogP contribution in [-0.2, 0) is 9.53 Å². The van der Waals surface area contributed by atoms with Gasteiger partial charge >= 0.3 is 5.97 Å². The van der Waals surface area contributed by atoms with Crippen molar-refractivity contribution in [3.63, 3.8) is 0 Å². The third-order valence-corrected chi connectivity index (χ3v) is 2.65. The largest absolute Gasteiger partial charge is 0.464 e. The molecule has 1 rings (SSSR count). The van der Waals surface area contributed by atoms with Crippen LogP contribution >= 0.6 is 0 Å². The van der Waals surface area contributed by atoms with E-state index in [2.05, 4.69) is 24.1 Å². The van der Waals surface area contributed by atoms with Crippen LogP contribution in [0.4, 0.5) is 0 Å². The molecular weight excluding hydrogens is 180 g/mol. The molecule has 0 amide bonds. The Bertz CT molecular complexity index is 181. The van der Waals surface area contributed by atoms with Gasteiger partial charge in [-0.2, -0.15) is 0 Å². The maximum absolute atomic E-state index is 11.1. The minimum atomic E-state index is -0.0930. The number of carbonyl (C=O) groups excluding carboxylic acids is 1. The first-order chi connectivity index (χ1) is 6.77. The van der Waals surface area contributed by atoms with Gasteiger partial charge in [0.1, 0.15) is 6.04 Å². The van der Waals surface area contributed by atoms with Gasteiger partial charge < -0.3 is 15.0 Å². The number of rotatable bonds is 6. The van der Waals surface area contributed by atoms with Crippen molar-refractivity contribution in [1.29, 1.82) is 0 Å². The van der Waals surface area contributed by atoms with Gasteiger partial charge in [-0.1, -0.05) is 13.8 Å². The van der Waals surface area contributed by atoms with Crippen LogP contribution in [0.3, 0.4) is 0 Å². The molecule has 1 heterocycles. The van der Waals surface area contributed by atoms with E-state index >= 15 is 0 Å². The molecule has 4 nitrogen and oxygen atoms in total. The van der Waals surface area contributed by atoms with E-state index in [0.717, 1.165) is 32.6 Å². The van der Waals surface area contributed by atoms with Crippen molar-refractivity contribution in [2.45, 2.75) is 26.3 Å². The Morgan fingerprint density at radius 2 is 2.21 bits per heavy atom. The number of hydrogen-bond donors (Lipinski definition) is 1. The molecule has 1 N–H and O–H groups in total. The molecule has 14 heavy (non-hydrogen) atoms. The quantitative estimate of drug-likeness (QED) is 0.623. The van der Waals surface area contributed by atoms with Gasteiger partial charge in [0, 0.05) is 19.5 Å². The number of esters is 1. The lowest BCUT2D eigenvalue weighted by atomic mass is 10.2. The molecule has 1 aliphatic heterocycles. The number of ether oxygens (including phenoxy) is 1. The Hall–Kier alpha value is -0.610. The number of carbonyl (C=O) groups is 1. The maximum Gasteiger partial charge on any atom is 0.323 e. The standard InChI is InChI=1S/C10H20N2O2/c1-3-12(4-2)7-6-11-9-5-8-14-10(9)13/h9,11H,3-8H2,1-2H3. The van der Waals surface area contributed by atoms with Crippen LogP contribution in [0, 0.1) is 0 Å². The zero-order chi connectivity index (χ0) is 10.4. The monoisotopic (exact) mass is 200 g/mol. The minimum Gasteiger partial charge on any atom is -0.464 e. The zero-order valence-electron chi connectivity index (χ0n) is 9.08. The van der Waals surface area contributed by atoms with E-state index in [1.807, 2.05) is 0 Å². The summed E-state index contributed by atoms with van der Waals surface area (Å²) in [5.41, 5.74) is 0. The number of hydrogen-bond acceptors (Lipinski definition) is 4. The topological polar surface area (TPSA) is 41.6 Å². The second kappa shape index (κ2) is 5.98. The molecule has 0 bridgehead atoms. The van der Waals surface area contributed by atoms with Crippen molar-refractivity contribution in [2.24, 2.45) is 0 Å². The summed E-state index contributed by atoms with van der Waals surface area (Å²) in [7, 11) is 0. The van der Waals surface area contributed by atoms with Crippen LogP contribution in [0.2, 0.25) is 0 Å². The predicted octanol–water partition coefficient (Wildman–Crippen LogP) is 0.233. The maximum atomic E-state index is 11.1. The van der Waals surface area contributed by atoms with Gasteiger partial charge in [0.2, 0.25) is 0 Å². The first-order valence-electron chi connectivity index (χ1n) is 5.40. The van der Waals surface area contributed by atoms with Crippen LogP contribution in [-0.4, -0.2) is 49.7 Å². The van der Waals surface area contributed by atoms with E-state index in [4.69, 9.17) is 4.74 Å². The molecular formula is C10H20N2O2. The lowest BCUT2D eigenvalue weighted by Gasteiger charge is -2.18. The highest BCUT2D eigenvalue weighted by atomic mass is 16.5. The highest BCUT2D eigenvalue weighted by molar-refractivity contribution is 5.77. The third-order valence-electron chi connectivity index (χ3n) is 2.65. The summed E-state index contributed by atoms with van der Waals surface area (Å²) in [5.74, 6) is -0.0930. The molecule has 0 aromatic carbocycles. The van der Waals surface area contributed by atoms with Crippen LogP contribution in [0.25, 0.3) is 0 Å². The van der Waals surface area contributed by atoms with Crippen molar-refractivity contribution in [3.05, 3.63) is 0 Å². The second-order valence-corrected chi connectivity index (χ2v) is 3.49. The van der Waals surface area contributed by atoms with Gasteiger partial charge in [-0.3, -0.25) is 4.79 Å². The van der Waals surface area contributed by atoms with Crippen LogP contribution in [0.5, 0.6) is 0 Å². The molecule has 0 aliphatic carbocycles. The first-order valence-corrected chi connectivity index (χ1v) is 5.40. The van der Waals surface area contributed by atoms with Crippen molar-refractivity contribution >= 4 is 5.97 Å². The molecule has 82 valence electrons. The lowest BCUT2D eigenvalue weighted by Crippen LogP contribution is -2.39. The number of nitrogens with one attached hydrogen (secondary N) is 1. The summed E-state index contributed by atoms with van der Waals surface area (Å²) in [5, 5.41) is 3.21. The molecule has 1 aliphatic rings. The molecule has 0 saturated carbocycles. The highest BCUT2D eigenvalue weighted by Gasteiger charge is 2.25. The number of nitrogens with zero attached hydrogens (tertiary/aromatic N) is 1. The van der Waals surface area contributed by atoms with E-state index in [1.54, 1.807) is 0 Å². The molecule has 0 spiro atoms. The summed E-state index contributed by atoms with van der Waals surface area (Å²) in [4.78, 5) is 13.4. The number of likely N-dealkylation sites (N-methyl/N-ethyl adjacent to an activating group) is 1. The van der Waals surface area contributed by atoms with Crippen LogP contribution < -0.4 is 5.32 Å². The second-order valence-electron chi connectivity index (χ2n) is 3.49. The Balaban J connectivity index is 2.11. The Morgan fingerprint density at radius 1 is 1.50 bits per heavy atom. The average Bonchev–Trinajstić information content (AvgIpc) is 2.59. The van der Waals surface area contributed by atoms with Crippen molar-refractivity contribution in [3.8, 4) is 0 Å². The molecule has 4 heteroatoms. The Labute approximate surface area is 85.6 Å². The highest BCUT2D eigenvalue weighted by Crippen LogP contribution is 2.04. The van der Waals surface area contributed by atoms with Gasteiger partial charge in [0.25, 0.3) is 0 Å². The van der Waals surface area contributed by atoms with Crippen molar-refractivity contribution in [1.82, 2.24) is 10.2 Å². The van der Waals surface area contributed by atoms with E-state index in [-0.39, 0.29) is 12.0 Å². The molecule has 1 unspecified atom stereocenters. The average molecular weight is 200 g/mol. The van der Waals surface area contributed by atoms with Gasteiger partial charge in [0.05, 0.1) is 6.61 Å². The fraction of sp³-hybridized carbons (Fsp3) is 0.900. The van der Waals surface area contributed by atoms with Crippen molar-refractivity contribution < 1.29 is 9.53 Å². The van der Waals surface area contributed by atoms with Crippen LogP contribution in [0.1, 0.15) is 20.3 Å². The molecule has 0 radical (unpaired) electrons. The van der Waals surface area contributed by atoms with Gasteiger partial charge in [-0.25, -0.2) is 0 Å². The fourth-order valence-electron chi connectivity index (χ4n) is 1.62. The predicted molar refractivity (Wildman–Crippen MR) is 55.2 cm³/mol. The van der Waals surface area contributed by atoms with Crippen molar-refractivity contribution in [2.75, 3.05) is 32.8 Å². The van der Waals surface area contributed by atoms with E-state index in [1.165, 1.54) is 0 Å². The van der Waals surface area contributed by atoms with E-state index in [9.17, 15) is 4.79 Å². The van der Waals surface area contributed by atoms with E-state index < -0.39 is 0 Å². The first kappa shape index (κ1) is 11.5. The minimum absolute atomic E-state index is 0.0643. The summed E-state index contributed by atoms with van der Waals surface area (Å²) in [6.45, 7) is 8.85. The van der Waals surface area contributed by atoms with Gasteiger partial charge in [0.15, 0.2) is 0 Å². The molecule has 0 aromatic heterocycles. The third kappa shape index (κ3) is 3.27. The number of cyclic esters (lactones) is 1. The summed E-state index contributed by atoms with van der Waals surface area (Å²) in [6.07, 6.45) is 0.817. The fourth-order valence-corrected chi connectivity index (χ4v) is 1.62. The molecule has 1 saturated heterocycles. The van der Waals surface area contributed by atoms with Gasteiger partial charge in [-0.05, 0) is 13.1 Å². The zero-order valence-corrected chi connectivity index (χ0v) is 9.08. The van der Waals surface area contributed by atoms with Crippen LogP contribution in [0.15, 0.2) is 0 Å². The molecule has 1 fully saturated rings. The summed E-state index contributed by atoms with van der Waals surface area (Å²) < 4.78 is 4.86. The SMILES string of the molecule is CCN(CC)CCNC1CCOC1=O. The molecule has 1 atom stereocenters. The normalized spacial score (nSPS) is 21.6.